The summed E-state index contributed by atoms with van der Waals surface area (Å²) >= 11 is 5.92. The first kappa shape index (κ1) is 10.7. The number of hydrogen-bond donors (Lipinski definition) is 1. The zero-order valence-corrected chi connectivity index (χ0v) is 9.72. The van der Waals surface area contributed by atoms with Crippen LogP contribution < -0.4 is 5.73 Å². The molecule has 4 heteroatoms. The Kier molecular flexibility index (Phi) is 3.12. The first-order chi connectivity index (χ1) is 7.20. The van der Waals surface area contributed by atoms with Gasteiger partial charge in [-0.25, -0.2) is 4.98 Å². The molecule has 0 unspecified atom stereocenters. The maximum absolute atomic E-state index is 5.92. The Morgan fingerprint density at radius 2 is 2.20 bits per heavy atom. The molecule has 3 nitrogen and oxygen atoms in total. The molecule has 0 bridgehead atoms. The number of nitrogens with two attached hydrogens (primary N) is 1. The summed E-state index contributed by atoms with van der Waals surface area (Å²) in [5, 5.41) is 0.443. The van der Waals surface area contributed by atoms with Gasteiger partial charge in [0.1, 0.15) is 0 Å². The largest absolute Gasteiger partial charge is 0.396 e. The second-order valence-electron chi connectivity index (χ2n) is 3.91. The molecule has 1 aromatic heterocycles. The lowest BCUT2D eigenvalue weighted by molar-refractivity contribution is 0.303. The Balaban J connectivity index is 2.27. The minimum atomic E-state index is 0.443. The molecule has 0 fully saturated rings. The molecule has 0 spiro atoms. The topological polar surface area (TPSA) is 42.1 Å². The van der Waals surface area contributed by atoms with Crippen LogP contribution in [-0.4, -0.2) is 29.5 Å². The lowest BCUT2D eigenvalue weighted by Gasteiger charge is -2.15. The van der Waals surface area contributed by atoms with Crippen molar-refractivity contribution in [1.29, 1.82) is 0 Å². The molecular formula is C11H16ClN3. The van der Waals surface area contributed by atoms with Gasteiger partial charge < -0.3 is 10.6 Å². The molecule has 82 valence electrons. The van der Waals surface area contributed by atoms with E-state index in [1.807, 2.05) is 6.07 Å². The van der Waals surface area contributed by atoms with Gasteiger partial charge in [0.2, 0.25) is 0 Å². The van der Waals surface area contributed by atoms with Gasteiger partial charge in [-0.15, -0.1) is 0 Å². The van der Waals surface area contributed by atoms with Gasteiger partial charge in [0.25, 0.3) is 0 Å². The van der Waals surface area contributed by atoms with Crippen molar-refractivity contribution in [3.63, 3.8) is 0 Å². The summed E-state index contributed by atoms with van der Waals surface area (Å²) in [5.41, 5.74) is 8.72. The Labute approximate surface area is 95.2 Å². The lowest BCUT2D eigenvalue weighted by atomic mass is 10.1. The van der Waals surface area contributed by atoms with Gasteiger partial charge in [-0.2, -0.15) is 0 Å². The molecule has 15 heavy (non-hydrogen) atoms. The van der Waals surface area contributed by atoms with Gasteiger partial charge in [-0.05, 0) is 24.6 Å². The van der Waals surface area contributed by atoms with Gasteiger partial charge in [0.15, 0.2) is 5.15 Å². The normalized spacial score (nSPS) is 17.2. The Morgan fingerprint density at radius 3 is 2.93 bits per heavy atom. The average molecular weight is 226 g/mol. The third kappa shape index (κ3) is 2.24. The van der Waals surface area contributed by atoms with Crippen molar-refractivity contribution in [2.45, 2.75) is 19.8 Å². The zero-order valence-electron chi connectivity index (χ0n) is 8.96. The quantitative estimate of drug-likeness (QED) is 0.741. The summed E-state index contributed by atoms with van der Waals surface area (Å²) in [6.45, 7) is 5.44. The molecular weight excluding hydrogens is 210 g/mol. The van der Waals surface area contributed by atoms with Crippen LogP contribution in [0.25, 0.3) is 0 Å². The second kappa shape index (κ2) is 4.37. The summed E-state index contributed by atoms with van der Waals surface area (Å²) in [4.78, 5) is 6.78. The van der Waals surface area contributed by atoms with Crippen molar-refractivity contribution in [1.82, 2.24) is 9.88 Å². The number of rotatable bonds is 1. The molecule has 0 saturated carbocycles. The van der Waals surface area contributed by atoms with Gasteiger partial charge in [-0.1, -0.05) is 18.5 Å². The summed E-state index contributed by atoms with van der Waals surface area (Å²) in [7, 11) is 0. The van der Waals surface area contributed by atoms with Crippen LogP contribution >= 0.6 is 11.6 Å². The fraction of sp³-hybridized carbons (Fsp3) is 0.545. The molecule has 1 aliphatic rings. The monoisotopic (exact) mass is 225 g/mol. The summed E-state index contributed by atoms with van der Waals surface area (Å²) in [5.74, 6) is 0. The predicted octanol–water partition coefficient (Wildman–Crippen LogP) is 1.74. The number of likely N-dealkylation sites (N-methyl/N-ethyl adjacent to an activating group) is 1. The van der Waals surface area contributed by atoms with E-state index in [0.717, 1.165) is 38.2 Å². The van der Waals surface area contributed by atoms with Crippen molar-refractivity contribution < 1.29 is 0 Å². The maximum atomic E-state index is 5.92. The minimum absolute atomic E-state index is 0.443. The van der Waals surface area contributed by atoms with E-state index in [1.165, 1.54) is 5.56 Å². The predicted molar refractivity (Wildman–Crippen MR) is 63.2 cm³/mol. The van der Waals surface area contributed by atoms with E-state index in [1.54, 1.807) is 0 Å². The maximum Gasteiger partial charge on any atom is 0.152 e. The first-order valence-electron chi connectivity index (χ1n) is 5.37. The number of anilines is 1. The molecule has 0 aliphatic carbocycles. The van der Waals surface area contributed by atoms with Crippen LogP contribution in [0.1, 0.15) is 18.2 Å². The third-order valence-electron chi connectivity index (χ3n) is 2.98. The molecule has 2 N–H and O–H groups in total. The number of nitrogens with zero attached hydrogens (tertiary/aromatic N) is 2. The van der Waals surface area contributed by atoms with Gasteiger partial charge in [0.05, 0.1) is 5.69 Å². The second-order valence-corrected chi connectivity index (χ2v) is 4.27. The molecule has 2 rings (SSSR count). The Hall–Kier alpha value is -0.800. The molecule has 0 atom stereocenters. The van der Waals surface area contributed by atoms with E-state index >= 15 is 0 Å². The fourth-order valence-electron chi connectivity index (χ4n) is 1.99. The third-order valence-corrected chi connectivity index (χ3v) is 3.28. The fourth-order valence-corrected chi connectivity index (χ4v) is 2.15. The van der Waals surface area contributed by atoms with Crippen LogP contribution in [0.15, 0.2) is 6.07 Å². The highest BCUT2D eigenvalue weighted by atomic mass is 35.5. The Morgan fingerprint density at radius 1 is 1.47 bits per heavy atom. The molecule has 0 radical (unpaired) electrons. The lowest BCUT2D eigenvalue weighted by Crippen LogP contribution is -2.25. The van der Waals surface area contributed by atoms with Crippen molar-refractivity contribution in [3.05, 3.63) is 22.5 Å². The zero-order chi connectivity index (χ0) is 10.8. The number of hydrogen-bond acceptors (Lipinski definition) is 3. The summed E-state index contributed by atoms with van der Waals surface area (Å²) < 4.78 is 0. The van der Waals surface area contributed by atoms with Gasteiger partial charge in [0, 0.05) is 25.2 Å². The standard InChI is InChI=1S/C11H16ClN3/c1-2-15-5-3-8-7-9(13)11(12)14-10(8)4-6-15/h7H,2-6,13H2,1H3. The van der Waals surface area contributed by atoms with E-state index < -0.39 is 0 Å². The highest BCUT2D eigenvalue weighted by Crippen LogP contribution is 2.22. The van der Waals surface area contributed by atoms with Crippen LogP contribution in [0.3, 0.4) is 0 Å². The summed E-state index contributed by atoms with van der Waals surface area (Å²) in [6, 6.07) is 1.98. The number of halogens is 1. The highest BCUT2D eigenvalue weighted by Gasteiger charge is 2.15. The molecule has 1 aromatic rings. The van der Waals surface area contributed by atoms with E-state index in [-0.39, 0.29) is 0 Å². The summed E-state index contributed by atoms with van der Waals surface area (Å²) in [6.07, 6.45) is 2.00. The van der Waals surface area contributed by atoms with E-state index in [0.29, 0.717) is 10.8 Å². The highest BCUT2D eigenvalue weighted by molar-refractivity contribution is 6.31. The van der Waals surface area contributed by atoms with Crippen molar-refractivity contribution in [2.24, 2.45) is 0 Å². The van der Waals surface area contributed by atoms with Gasteiger partial charge in [-0.3, -0.25) is 0 Å². The van der Waals surface area contributed by atoms with Crippen LogP contribution in [0.2, 0.25) is 5.15 Å². The first-order valence-corrected chi connectivity index (χ1v) is 5.74. The van der Waals surface area contributed by atoms with E-state index in [9.17, 15) is 0 Å². The van der Waals surface area contributed by atoms with E-state index in [2.05, 4.69) is 16.8 Å². The SMILES string of the molecule is CCN1CCc2cc(N)c(Cl)nc2CC1. The van der Waals surface area contributed by atoms with E-state index in [4.69, 9.17) is 17.3 Å². The molecule has 0 saturated heterocycles. The van der Waals surface area contributed by atoms with Crippen LogP contribution in [0.4, 0.5) is 5.69 Å². The molecule has 0 amide bonds. The van der Waals surface area contributed by atoms with Gasteiger partial charge >= 0.3 is 0 Å². The number of fused-ring (bicyclic) bond motifs is 1. The number of aromatic nitrogens is 1. The smallest absolute Gasteiger partial charge is 0.152 e. The van der Waals surface area contributed by atoms with Crippen molar-refractivity contribution >= 4 is 17.3 Å². The minimum Gasteiger partial charge on any atom is -0.396 e. The number of pyridine rings is 1. The molecule has 0 aromatic carbocycles. The Bertz CT molecular complexity index is 332. The van der Waals surface area contributed by atoms with Crippen molar-refractivity contribution in [2.75, 3.05) is 25.4 Å². The van der Waals surface area contributed by atoms with Crippen LogP contribution in [0.5, 0.6) is 0 Å². The average Bonchev–Trinajstić information content (AvgIpc) is 2.42. The van der Waals surface area contributed by atoms with Crippen molar-refractivity contribution in [3.8, 4) is 0 Å². The molecule has 2 heterocycles. The van der Waals surface area contributed by atoms with Crippen LogP contribution in [0, 0.1) is 0 Å². The van der Waals surface area contributed by atoms with Crippen LogP contribution in [-0.2, 0) is 12.8 Å². The molecule has 1 aliphatic heterocycles. The number of nitrogen functional groups attached to an aromatic ring is 1.